The van der Waals surface area contributed by atoms with Crippen LogP contribution in [0.15, 0.2) is 66.2 Å². The zero-order valence-electron chi connectivity index (χ0n) is 14.5. The Morgan fingerprint density at radius 1 is 1.08 bits per heavy atom. The van der Waals surface area contributed by atoms with E-state index in [-0.39, 0.29) is 5.91 Å². The van der Waals surface area contributed by atoms with Crippen LogP contribution in [0.25, 0.3) is 16.2 Å². The molecule has 4 rings (SSSR count). The third-order valence-electron chi connectivity index (χ3n) is 4.15. The summed E-state index contributed by atoms with van der Waals surface area (Å²) in [5.74, 6) is -0.147. The van der Waals surface area contributed by atoms with Crippen LogP contribution in [0.2, 0.25) is 0 Å². The van der Waals surface area contributed by atoms with E-state index in [0.717, 1.165) is 27.6 Å². The molecule has 5 nitrogen and oxygen atoms in total. The third kappa shape index (κ3) is 3.07. The van der Waals surface area contributed by atoms with Gasteiger partial charge in [0.05, 0.1) is 5.69 Å². The van der Waals surface area contributed by atoms with E-state index in [2.05, 4.69) is 10.3 Å². The van der Waals surface area contributed by atoms with E-state index in [1.54, 1.807) is 0 Å². The summed E-state index contributed by atoms with van der Waals surface area (Å²) >= 11 is 1.46. The summed E-state index contributed by atoms with van der Waals surface area (Å²) in [6, 6.07) is 17.7. The Bertz CT molecular complexity index is 1050. The van der Waals surface area contributed by atoms with Gasteiger partial charge in [0.1, 0.15) is 5.69 Å². The Kier molecular flexibility index (Phi) is 4.18. The Balaban J connectivity index is 1.60. The van der Waals surface area contributed by atoms with E-state index in [1.165, 1.54) is 11.3 Å². The second-order valence-electron chi connectivity index (χ2n) is 6.16. The highest BCUT2D eigenvalue weighted by molar-refractivity contribution is 7.15. The van der Waals surface area contributed by atoms with E-state index in [1.807, 2.05) is 89.6 Å². The van der Waals surface area contributed by atoms with Gasteiger partial charge in [-0.2, -0.15) is 0 Å². The van der Waals surface area contributed by atoms with Crippen LogP contribution in [0.3, 0.4) is 0 Å². The number of hydrogen-bond acceptors (Lipinski definition) is 4. The lowest BCUT2D eigenvalue weighted by molar-refractivity contribution is 0.102. The predicted molar refractivity (Wildman–Crippen MR) is 107 cm³/mol. The number of amides is 1. The molecule has 0 aliphatic carbocycles. The smallest absolute Gasteiger partial charge is 0.273 e. The van der Waals surface area contributed by atoms with Gasteiger partial charge in [-0.25, -0.2) is 4.98 Å². The summed E-state index contributed by atoms with van der Waals surface area (Å²) in [6.07, 6.45) is 1.91. The van der Waals surface area contributed by atoms with Gasteiger partial charge < -0.3 is 10.2 Å². The van der Waals surface area contributed by atoms with Crippen molar-refractivity contribution < 1.29 is 4.79 Å². The minimum Gasteiger partial charge on any atom is -0.378 e. The molecule has 2 heterocycles. The minimum absolute atomic E-state index is 0.147. The number of aromatic nitrogens is 2. The molecular weight excluding hydrogens is 344 g/mol. The molecule has 0 aliphatic rings. The van der Waals surface area contributed by atoms with Gasteiger partial charge in [-0.3, -0.25) is 9.20 Å². The summed E-state index contributed by atoms with van der Waals surface area (Å²) in [4.78, 5) is 20.1. The minimum atomic E-state index is -0.147. The number of fused-ring (bicyclic) bond motifs is 1. The van der Waals surface area contributed by atoms with Gasteiger partial charge in [0.25, 0.3) is 5.91 Å². The number of nitrogens with zero attached hydrogens (tertiary/aromatic N) is 3. The summed E-state index contributed by atoms with van der Waals surface area (Å²) in [5.41, 5.74) is 4.33. The van der Waals surface area contributed by atoms with Gasteiger partial charge in [0, 0.05) is 42.6 Å². The van der Waals surface area contributed by atoms with E-state index < -0.39 is 0 Å². The number of thiazole rings is 1. The van der Waals surface area contributed by atoms with Crippen molar-refractivity contribution in [3.63, 3.8) is 0 Å². The Hall–Kier alpha value is -3.12. The molecule has 130 valence electrons. The second kappa shape index (κ2) is 6.65. The monoisotopic (exact) mass is 362 g/mol. The Morgan fingerprint density at radius 2 is 1.81 bits per heavy atom. The van der Waals surface area contributed by atoms with Crippen LogP contribution in [0.1, 0.15) is 10.5 Å². The average Bonchev–Trinajstić information content (AvgIpc) is 3.23. The molecule has 0 spiro atoms. The van der Waals surface area contributed by atoms with Crippen molar-refractivity contribution >= 4 is 33.6 Å². The molecule has 0 bridgehead atoms. The van der Waals surface area contributed by atoms with Crippen molar-refractivity contribution in [1.82, 2.24) is 9.38 Å². The molecule has 0 atom stereocenters. The number of carbonyl (C=O) groups is 1. The number of benzene rings is 2. The van der Waals surface area contributed by atoms with E-state index in [0.29, 0.717) is 5.69 Å². The normalized spacial score (nSPS) is 10.8. The predicted octanol–water partition coefficient (Wildman–Crippen LogP) is 4.38. The first-order valence-electron chi connectivity index (χ1n) is 8.22. The molecule has 4 aromatic rings. The fraction of sp³-hybridized carbons (Fsp3) is 0.100. The Labute approximate surface area is 155 Å². The number of imidazole rings is 1. The fourth-order valence-corrected chi connectivity index (χ4v) is 3.59. The molecular formula is C20H18N4OS. The molecule has 0 saturated carbocycles. The highest BCUT2D eigenvalue weighted by Crippen LogP contribution is 2.24. The molecule has 0 fully saturated rings. The summed E-state index contributed by atoms with van der Waals surface area (Å²) in [7, 11) is 3.97. The van der Waals surface area contributed by atoms with Gasteiger partial charge >= 0.3 is 0 Å². The van der Waals surface area contributed by atoms with Gasteiger partial charge in [-0.15, -0.1) is 11.3 Å². The van der Waals surface area contributed by atoms with Gasteiger partial charge in [0.15, 0.2) is 4.96 Å². The number of nitrogens with one attached hydrogen (secondary N) is 1. The van der Waals surface area contributed by atoms with Crippen molar-refractivity contribution in [2.75, 3.05) is 24.3 Å². The molecule has 0 radical (unpaired) electrons. The molecule has 0 unspecified atom stereocenters. The summed E-state index contributed by atoms with van der Waals surface area (Å²) < 4.78 is 1.84. The maximum atomic E-state index is 12.7. The number of hydrogen-bond donors (Lipinski definition) is 1. The van der Waals surface area contributed by atoms with Crippen LogP contribution in [-0.4, -0.2) is 29.4 Å². The van der Waals surface area contributed by atoms with Gasteiger partial charge in [-0.1, -0.05) is 30.3 Å². The van der Waals surface area contributed by atoms with Gasteiger partial charge in [-0.05, 0) is 24.3 Å². The van der Waals surface area contributed by atoms with Crippen molar-refractivity contribution in [1.29, 1.82) is 0 Å². The maximum Gasteiger partial charge on any atom is 0.273 e. The topological polar surface area (TPSA) is 49.6 Å². The van der Waals surface area contributed by atoms with Crippen LogP contribution in [-0.2, 0) is 0 Å². The number of rotatable bonds is 4. The van der Waals surface area contributed by atoms with Gasteiger partial charge in [0.2, 0.25) is 0 Å². The highest BCUT2D eigenvalue weighted by Gasteiger charge is 2.15. The van der Waals surface area contributed by atoms with Crippen LogP contribution in [0.5, 0.6) is 0 Å². The molecule has 1 N–H and O–H groups in total. The zero-order valence-corrected chi connectivity index (χ0v) is 15.3. The second-order valence-corrected chi connectivity index (χ2v) is 7.00. The van der Waals surface area contributed by atoms with E-state index >= 15 is 0 Å². The van der Waals surface area contributed by atoms with Crippen LogP contribution in [0, 0.1) is 0 Å². The van der Waals surface area contributed by atoms with Crippen LogP contribution >= 0.6 is 11.3 Å². The van der Waals surface area contributed by atoms with E-state index in [9.17, 15) is 4.79 Å². The lowest BCUT2D eigenvalue weighted by atomic mass is 10.2. The molecule has 0 aliphatic heterocycles. The number of anilines is 2. The molecule has 0 saturated heterocycles. The first-order valence-corrected chi connectivity index (χ1v) is 9.10. The van der Waals surface area contributed by atoms with Crippen LogP contribution in [0.4, 0.5) is 11.4 Å². The number of carbonyl (C=O) groups excluding carboxylic acids is 1. The van der Waals surface area contributed by atoms with Crippen molar-refractivity contribution in [2.45, 2.75) is 0 Å². The summed E-state index contributed by atoms with van der Waals surface area (Å²) in [5, 5.41) is 4.79. The Morgan fingerprint density at radius 3 is 2.50 bits per heavy atom. The first-order chi connectivity index (χ1) is 12.6. The maximum absolute atomic E-state index is 12.7. The third-order valence-corrected chi connectivity index (χ3v) is 4.99. The van der Waals surface area contributed by atoms with Crippen LogP contribution < -0.4 is 10.2 Å². The molecule has 6 heteroatoms. The van der Waals surface area contributed by atoms with Crippen molar-refractivity contribution in [2.24, 2.45) is 0 Å². The first kappa shape index (κ1) is 16.4. The average molecular weight is 362 g/mol. The molecule has 2 aromatic heterocycles. The lowest BCUT2D eigenvalue weighted by Crippen LogP contribution is -2.14. The SMILES string of the molecule is CN(C)c1ccc(NC(=O)c2csc3nc(-c4ccccc4)cn23)cc1. The van der Waals surface area contributed by atoms with Crippen molar-refractivity contribution in [3.05, 3.63) is 71.9 Å². The fourth-order valence-electron chi connectivity index (χ4n) is 2.73. The molecule has 26 heavy (non-hydrogen) atoms. The molecule has 1 amide bonds. The summed E-state index contributed by atoms with van der Waals surface area (Å²) in [6.45, 7) is 0. The quantitative estimate of drug-likeness (QED) is 0.586. The zero-order chi connectivity index (χ0) is 18.1. The molecule has 2 aromatic carbocycles. The van der Waals surface area contributed by atoms with E-state index in [4.69, 9.17) is 0 Å². The standard InChI is InChI=1S/C20H18N4OS/c1-23(2)16-10-8-15(9-11-16)21-19(25)18-13-26-20-22-17(12-24(18)20)14-6-4-3-5-7-14/h3-13H,1-2H3,(H,21,25). The largest absolute Gasteiger partial charge is 0.378 e. The highest BCUT2D eigenvalue weighted by atomic mass is 32.1. The lowest BCUT2D eigenvalue weighted by Gasteiger charge is -2.12. The van der Waals surface area contributed by atoms with Crippen molar-refractivity contribution in [3.8, 4) is 11.3 Å².